The Labute approximate surface area is 109 Å². The first-order valence-corrected chi connectivity index (χ1v) is 7.08. The van der Waals surface area contributed by atoms with E-state index in [0.717, 1.165) is 35.3 Å². The van der Waals surface area contributed by atoms with Gasteiger partial charge in [0.1, 0.15) is 11.6 Å². The summed E-state index contributed by atoms with van der Waals surface area (Å²) in [7, 11) is 1.65. The Hall–Kier alpha value is -1.05. The third-order valence-corrected chi connectivity index (χ3v) is 4.15. The van der Waals surface area contributed by atoms with Crippen LogP contribution in [0, 0.1) is 5.92 Å². The van der Waals surface area contributed by atoms with E-state index in [9.17, 15) is 0 Å². The van der Waals surface area contributed by atoms with Gasteiger partial charge in [-0.15, -0.1) is 10.2 Å². The van der Waals surface area contributed by atoms with Gasteiger partial charge in [0.15, 0.2) is 5.82 Å². The van der Waals surface area contributed by atoms with Crippen LogP contribution in [-0.4, -0.2) is 40.0 Å². The summed E-state index contributed by atoms with van der Waals surface area (Å²) in [5.41, 5.74) is 0. The maximum Gasteiger partial charge on any atom is 0.234 e. The molecule has 1 fully saturated rings. The molecule has 3 rings (SSSR count). The zero-order valence-corrected chi connectivity index (χ0v) is 11.2. The van der Waals surface area contributed by atoms with Gasteiger partial charge in [0.05, 0.1) is 0 Å². The van der Waals surface area contributed by atoms with Crippen LogP contribution in [0.5, 0.6) is 0 Å². The minimum Gasteiger partial charge on any atom is -0.377 e. The van der Waals surface area contributed by atoms with Crippen molar-refractivity contribution in [2.24, 2.45) is 5.92 Å². The fourth-order valence-electron chi connectivity index (χ4n) is 2.34. The molecule has 7 heteroatoms. The molecule has 1 N–H and O–H groups in total. The van der Waals surface area contributed by atoms with E-state index in [4.69, 9.17) is 4.74 Å². The number of nitrogens with zero attached hydrogens (tertiary/aromatic N) is 4. The van der Waals surface area contributed by atoms with Crippen LogP contribution in [-0.2, 0) is 17.8 Å². The zero-order chi connectivity index (χ0) is 12.4. The zero-order valence-electron chi connectivity index (χ0n) is 10.4. The van der Waals surface area contributed by atoms with E-state index < -0.39 is 0 Å². The fourth-order valence-corrected chi connectivity index (χ4v) is 3.31. The summed E-state index contributed by atoms with van der Waals surface area (Å²) in [5.74, 6) is 1.48. The van der Waals surface area contributed by atoms with Crippen LogP contribution >= 0.6 is 11.3 Å². The normalized spacial score (nSPS) is 20.6. The Bertz CT molecular complexity index is 516. The van der Waals surface area contributed by atoms with Gasteiger partial charge in [-0.3, -0.25) is 0 Å². The van der Waals surface area contributed by atoms with Crippen molar-refractivity contribution in [3.63, 3.8) is 0 Å². The summed E-state index contributed by atoms with van der Waals surface area (Å²) in [6, 6.07) is 0. The Morgan fingerprint density at radius 3 is 3.22 bits per heavy atom. The Kier molecular flexibility index (Phi) is 3.53. The largest absolute Gasteiger partial charge is 0.377 e. The Morgan fingerprint density at radius 2 is 2.44 bits per heavy atom. The van der Waals surface area contributed by atoms with Crippen LogP contribution in [0.15, 0.2) is 0 Å². The third-order valence-electron chi connectivity index (χ3n) is 3.23. The van der Waals surface area contributed by atoms with E-state index in [1.54, 1.807) is 23.0 Å². The maximum atomic E-state index is 5.08. The van der Waals surface area contributed by atoms with E-state index in [0.29, 0.717) is 12.5 Å². The van der Waals surface area contributed by atoms with E-state index >= 15 is 0 Å². The minimum absolute atomic E-state index is 0.454. The summed E-state index contributed by atoms with van der Waals surface area (Å²) in [5, 5.41) is 17.3. The molecular weight excluding hydrogens is 250 g/mol. The second-order valence-corrected chi connectivity index (χ2v) is 5.70. The predicted molar refractivity (Wildman–Crippen MR) is 68.7 cm³/mol. The monoisotopic (exact) mass is 267 g/mol. The molecular formula is C11H17N5OS. The van der Waals surface area contributed by atoms with Crippen LogP contribution in [0.3, 0.4) is 0 Å². The van der Waals surface area contributed by atoms with Gasteiger partial charge in [0.25, 0.3) is 0 Å². The van der Waals surface area contributed by atoms with Crippen molar-refractivity contribution in [1.29, 1.82) is 0 Å². The van der Waals surface area contributed by atoms with Gasteiger partial charge < -0.3 is 10.1 Å². The number of piperidine rings is 1. The summed E-state index contributed by atoms with van der Waals surface area (Å²) < 4.78 is 6.89. The number of aromatic nitrogens is 4. The lowest BCUT2D eigenvalue weighted by Gasteiger charge is -2.21. The van der Waals surface area contributed by atoms with Crippen LogP contribution in [0.1, 0.15) is 23.7 Å². The van der Waals surface area contributed by atoms with Crippen molar-refractivity contribution < 1.29 is 4.74 Å². The van der Waals surface area contributed by atoms with Crippen LogP contribution in [0.25, 0.3) is 4.96 Å². The lowest BCUT2D eigenvalue weighted by Crippen LogP contribution is -2.30. The van der Waals surface area contributed by atoms with Gasteiger partial charge in [-0.25, -0.2) is 0 Å². The lowest BCUT2D eigenvalue weighted by atomic mass is 9.97. The molecule has 1 unspecified atom stereocenters. The number of fused-ring (bicyclic) bond motifs is 1. The van der Waals surface area contributed by atoms with E-state index in [2.05, 4.69) is 20.6 Å². The SMILES string of the molecule is COCc1nnc2sc(CC3CCCNC3)nn12. The van der Waals surface area contributed by atoms with Crippen molar-refractivity contribution >= 4 is 16.3 Å². The van der Waals surface area contributed by atoms with Gasteiger partial charge in [0, 0.05) is 13.5 Å². The van der Waals surface area contributed by atoms with Crippen LogP contribution in [0.2, 0.25) is 0 Å². The van der Waals surface area contributed by atoms with Gasteiger partial charge >= 0.3 is 0 Å². The number of nitrogens with one attached hydrogen (secondary N) is 1. The third kappa shape index (κ3) is 2.38. The average molecular weight is 267 g/mol. The molecule has 0 saturated carbocycles. The molecule has 1 aliphatic rings. The molecule has 0 radical (unpaired) electrons. The highest BCUT2D eigenvalue weighted by Crippen LogP contribution is 2.21. The number of ether oxygens (including phenoxy) is 1. The van der Waals surface area contributed by atoms with Gasteiger partial charge in [-0.05, 0) is 31.8 Å². The highest BCUT2D eigenvalue weighted by molar-refractivity contribution is 7.16. The summed E-state index contributed by atoms with van der Waals surface area (Å²) >= 11 is 1.63. The molecule has 1 aliphatic heterocycles. The predicted octanol–water partition coefficient (Wildman–Crippen LogP) is 0.874. The van der Waals surface area contributed by atoms with Gasteiger partial charge in [-0.1, -0.05) is 11.3 Å². The number of methoxy groups -OCH3 is 1. The first-order valence-electron chi connectivity index (χ1n) is 6.26. The summed E-state index contributed by atoms with van der Waals surface area (Å²) in [4.78, 5) is 0.862. The minimum atomic E-state index is 0.454. The number of rotatable bonds is 4. The van der Waals surface area contributed by atoms with Crippen molar-refractivity contribution in [2.45, 2.75) is 25.9 Å². The molecule has 3 heterocycles. The van der Waals surface area contributed by atoms with Crippen molar-refractivity contribution in [3.05, 3.63) is 10.8 Å². The molecule has 0 aromatic carbocycles. The fraction of sp³-hybridized carbons (Fsp3) is 0.727. The highest BCUT2D eigenvalue weighted by atomic mass is 32.1. The number of hydrogen-bond acceptors (Lipinski definition) is 6. The topological polar surface area (TPSA) is 64.3 Å². The van der Waals surface area contributed by atoms with Crippen molar-refractivity contribution in [2.75, 3.05) is 20.2 Å². The molecule has 1 saturated heterocycles. The standard InChI is InChI=1S/C11H17N5OS/c1-17-7-9-13-14-11-16(9)15-10(18-11)5-8-3-2-4-12-6-8/h8,12H,2-7H2,1H3. The van der Waals surface area contributed by atoms with Gasteiger partial charge in [-0.2, -0.15) is 9.61 Å². The summed E-state index contributed by atoms with van der Waals surface area (Å²) in [6.07, 6.45) is 3.59. The molecule has 1 atom stereocenters. The quantitative estimate of drug-likeness (QED) is 0.890. The second-order valence-electron chi connectivity index (χ2n) is 4.66. The average Bonchev–Trinajstić information content (AvgIpc) is 2.93. The maximum absolute atomic E-state index is 5.08. The number of hydrogen-bond donors (Lipinski definition) is 1. The molecule has 0 bridgehead atoms. The first-order chi connectivity index (χ1) is 8.86. The van der Waals surface area contributed by atoms with Crippen molar-refractivity contribution in [3.8, 4) is 0 Å². The summed E-state index contributed by atoms with van der Waals surface area (Å²) in [6.45, 7) is 2.71. The van der Waals surface area contributed by atoms with Crippen molar-refractivity contribution in [1.82, 2.24) is 25.1 Å². The molecule has 0 aliphatic carbocycles. The molecule has 0 amide bonds. The van der Waals surface area contributed by atoms with Crippen LogP contribution in [0.4, 0.5) is 0 Å². The molecule has 0 spiro atoms. The molecule has 2 aromatic rings. The second kappa shape index (κ2) is 5.29. The van der Waals surface area contributed by atoms with E-state index in [-0.39, 0.29) is 0 Å². The van der Waals surface area contributed by atoms with E-state index in [1.807, 2.05) is 0 Å². The molecule has 6 nitrogen and oxygen atoms in total. The first kappa shape index (κ1) is 12.0. The molecule has 2 aromatic heterocycles. The van der Waals surface area contributed by atoms with Crippen LogP contribution < -0.4 is 5.32 Å². The molecule has 18 heavy (non-hydrogen) atoms. The van der Waals surface area contributed by atoms with Gasteiger partial charge in [0.2, 0.25) is 4.96 Å². The Balaban J connectivity index is 1.76. The Morgan fingerprint density at radius 1 is 1.50 bits per heavy atom. The molecule has 98 valence electrons. The lowest BCUT2D eigenvalue weighted by molar-refractivity contribution is 0.176. The van der Waals surface area contributed by atoms with E-state index in [1.165, 1.54) is 12.8 Å². The smallest absolute Gasteiger partial charge is 0.234 e. The highest BCUT2D eigenvalue weighted by Gasteiger charge is 2.17.